The largest absolute Gasteiger partial charge is 0.475 e. The zero-order valence-electron chi connectivity index (χ0n) is 11.3. The van der Waals surface area contributed by atoms with E-state index in [1.54, 1.807) is 7.11 Å². The number of hydrogen-bond acceptors (Lipinski definition) is 6. The summed E-state index contributed by atoms with van der Waals surface area (Å²) in [5, 5.41) is 8.26. The van der Waals surface area contributed by atoms with Crippen molar-refractivity contribution < 1.29 is 27.5 Å². The zero-order valence-corrected chi connectivity index (χ0v) is 12.1. The molecule has 0 aliphatic carbocycles. The number of methoxy groups -OCH3 is 1. The van der Waals surface area contributed by atoms with Crippen LogP contribution in [0.4, 0.5) is 0 Å². The summed E-state index contributed by atoms with van der Waals surface area (Å²) >= 11 is 0. The van der Waals surface area contributed by atoms with Crippen molar-refractivity contribution in [1.29, 1.82) is 0 Å². The maximum Gasteiger partial charge on any atom is 0.371 e. The molecule has 1 rings (SSSR count). The second-order valence-corrected chi connectivity index (χ2v) is 5.82. The van der Waals surface area contributed by atoms with Crippen molar-refractivity contribution in [2.45, 2.75) is 5.09 Å². The number of nitrogens with one attached hydrogen (secondary N) is 1. The van der Waals surface area contributed by atoms with E-state index in [0.29, 0.717) is 19.7 Å². The molecule has 0 saturated heterocycles. The van der Waals surface area contributed by atoms with Gasteiger partial charge in [0.15, 0.2) is 0 Å². The third-order valence-electron chi connectivity index (χ3n) is 2.52. The highest BCUT2D eigenvalue weighted by Gasteiger charge is 2.20. The zero-order chi connectivity index (χ0) is 15.2. The molecule has 0 unspecified atom stereocenters. The first-order valence-electron chi connectivity index (χ1n) is 5.87. The number of furan rings is 1. The van der Waals surface area contributed by atoms with Crippen molar-refractivity contribution >= 4 is 16.0 Å². The summed E-state index contributed by atoms with van der Waals surface area (Å²) in [5.74, 6) is -1.73. The molecule has 0 bridgehead atoms. The Morgan fingerprint density at radius 3 is 2.70 bits per heavy atom. The molecule has 0 radical (unpaired) electrons. The molecular formula is C11H18N2O6S. The van der Waals surface area contributed by atoms with E-state index in [1.807, 2.05) is 11.9 Å². The van der Waals surface area contributed by atoms with Gasteiger partial charge in [-0.1, -0.05) is 0 Å². The number of carboxylic acid groups (broad SMARTS) is 1. The normalized spacial score (nSPS) is 11.9. The van der Waals surface area contributed by atoms with Gasteiger partial charge in [-0.15, -0.1) is 0 Å². The van der Waals surface area contributed by atoms with Crippen molar-refractivity contribution in [3.05, 3.63) is 17.9 Å². The van der Waals surface area contributed by atoms with Gasteiger partial charge >= 0.3 is 5.97 Å². The molecule has 0 atom stereocenters. The highest BCUT2D eigenvalue weighted by molar-refractivity contribution is 7.89. The first-order chi connectivity index (χ1) is 9.36. The molecule has 114 valence electrons. The predicted octanol–water partition coefficient (Wildman–Crippen LogP) is -0.166. The lowest BCUT2D eigenvalue weighted by molar-refractivity contribution is 0.0656. The molecule has 0 spiro atoms. The number of ether oxygens (including phenoxy) is 1. The topological polar surface area (TPSA) is 109 Å². The fourth-order valence-electron chi connectivity index (χ4n) is 1.38. The molecule has 9 heteroatoms. The van der Waals surface area contributed by atoms with Crippen LogP contribution in [-0.4, -0.2) is 64.8 Å². The van der Waals surface area contributed by atoms with E-state index in [0.717, 1.165) is 12.1 Å². The summed E-state index contributed by atoms with van der Waals surface area (Å²) in [6.45, 7) is 1.92. The predicted molar refractivity (Wildman–Crippen MR) is 70.2 cm³/mol. The Hall–Kier alpha value is -1.42. The molecule has 1 aromatic rings. The van der Waals surface area contributed by atoms with Gasteiger partial charge in [0.25, 0.3) is 10.0 Å². The van der Waals surface area contributed by atoms with Crippen LogP contribution in [0.1, 0.15) is 10.6 Å². The number of carbonyl (C=O) groups is 1. The number of aromatic carboxylic acids is 1. The van der Waals surface area contributed by atoms with E-state index in [2.05, 4.69) is 4.72 Å². The molecular weight excluding hydrogens is 288 g/mol. The van der Waals surface area contributed by atoms with Crippen molar-refractivity contribution in [3.63, 3.8) is 0 Å². The van der Waals surface area contributed by atoms with Gasteiger partial charge < -0.3 is 19.2 Å². The monoisotopic (exact) mass is 306 g/mol. The highest BCUT2D eigenvalue weighted by atomic mass is 32.2. The van der Waals surface area contributed by atoms with E-state index in [4.69, 9.17) is 14.3 Å². The fraction of sp³-hybridized carbons (Fsp3) is 0.545. The van der Waals surface area contributed by atoms with E-state index in [1.165, 1.54) is 0 Å². The van der Waals surface area contributed by atoms with Crippen LogP contribution < -0.4 is 4.72 Å². The number of rotatable bonds is 9. The van der Waals surface area contributed by atoms with Gasteiger partial charge in [0, 0.05) is 26.7 Å². The first-order valence-corrected chi connectivity index (χ1v) is 7.35. The van der Waals surface area contributed by atoms with E-state index >= 15 is 0 Å². The standard InChI is InChI=1S/C11H18N2O6S/c1-13(7-8-18-2)6-5-12-20(16,17)10-4-3-9(19-10)11(14)15/h3-4,12H,5-8H2,1-2H3,(H,14,15). The number of likely N-dealkylation sites (N-methyl/N-ethyl adjacent to an activating group) is 1. The number of hydrogen-bond donors (Lipinski definition) is 2. The Balaban J connectivity index is 2.51. The van der Waals surface area contributed by atoms with Crippen molar-refractivity contribution in [1.82, 2.24) is 9.62 Å². The average Bonchev–Trinajstić information content (AvgIpc) is 2.86. The summed E-state index contributed by atoms with van der Waals surface area (Å²) < 4.78 is 35.6. The molecule has 8 nitrogen and oxygen atoms in total. The Bertz CT molecular complexity index is 539. The molecule has 1 heterocycles. The first kappa shape index (κ1) is 16.6. The highest BCUT2D eigenvalue weighted by Crippen LogP contribution is 2.13. The van der Waals surface area contributed by atoms with E-state index < -0.39 is 26.8 Å². The summed E-state index contributed by atoms with van der Waals surface area (Å²) in [5.41, 5.74) is 0. The minimum Gasteiger partial charge on any atom is -0.475 e. The third-order valence-corrected chi connectivity index (χ3v) is 3.85. The van der Waals surface area contributed by atoms with Crippen molar-refractivity contribution in [2.75, 3.05) is 40.4 Å². The number of carboxylic acids is 1. The van der Waals surface area contributed by atoms with Crippen LogP contribution in [0.5, 0.6) is 0 Å². The third kappa shape index (κ3) is 4.93. The van der Waals surface area contributed by atoms with Crippen LogP contribution in [0.2, 0.25) is 0 Å². The van der Waals surface area contributed by atoms with Crippen LogP contribution in [0.15, 0.2) is 21.6 Å². The molecule has 0 aliphatic rings. The van der Waals surface area contributed by atoms with Crippen LogP contribution in [0.3, 0.4) is 0 Å². The maximum atomic E-state index is 11.8. The second kappa shape index (κ2) is 7.39. The van der Waals surface area contributed by atoms with E-state index in [9.17, 15) is 13.2 Å². The minimum atomic E-state index is -3.83. The van der Waals surface area contributed by atoms with Crippen LogP contribution in [-0.2, 0) is 14.8 Å². The molecule has 0 amide bonds. The molecule has 0 aromatic carbocycles. The lowest BCUT2D eigenvalue weighted by atomic mass is 10.5. The van der Waals surface area contributed by atoms with Gasteiger partial charge in [-0.25, -0.2) is 17.9 Å². The average molecular weight is 306 g/mol. The second-order valence-electron chi connectivity index (χ2n) is 4.12. The molecule has 0 fully saturated rings. The van der Waals surface area contributed by atoms with Gasteiger partial charge in [0.05, 0.1) is 6.61 Å². The van der Waals surface area contributed by atoms with E-state index in [-0.39, 0.29) is 6.54 Å². The van der Waals surface area contributed by atoms with Gasteiger partial charge in [-0.3, -0.25) is 0 Å². The fourth-order valence-corrected chi connectivity index (χ4v) is 2.33. The van der Waals surface area contributed by atoms with Crippen LogP contribution >= 0.6 is 0 Å². The summed E-state index contributed by atoms with van der Waals surface area (Å²) in [7, 11) is -0.400. The van der Waals surface area contributed by atoms with Crippen LogP contribution in [0, 0.1) is 0 Å². The van der Waals surface area contributed by atoms with Crippen molar-refractivity contribution in [2.24, 2.45) is 0 Å². The molecule has 2 N–H and O–H groups in total. The number of nitrogens with zero attached hydrogens (tertiary/aromatic N) is 1. The van der Waals surface area contributed by atoms with Gasteiger partial charge in [-0.2, -0.15) is 0 Å². The van der Waals surface area contributed by atoms with Crippen LogP contribution in [0.25, 0.3) is 0 Å². The van der Waals surface area contributed by atoms with Gasteiger partial charge in [0.1, 0.15) is 0 Å². The Labute approximate surface area is 117 Å². The van der Waals surface area contributed by atoms with Gasteiger partial charge in [-0.05, 0) is 19.2 Å². The Morgan fingerprint density at radius 1 is 1.45 bits per heavy atom. The van der Waals surface area contributed by atoms with Gasteiger partial charge in [0.2, 0.25) is 10.9 Å². The summed E-state index contributed by atoms with van der Waals surface area (Å²) in [4.78, 5) is 12.5. The SMILES string of the molecule is COCCN(C)CCNS(=O)(=O)c1ccc(C(=O)O)o1. The molecule has 0 saturated carbocycles. The lowest BCUT2D eigenvalue weighted by Gasteiger charge is -2.15. The molecule has 0 aliphatic heterocycles. The Morgan fingerprint density at radius 2 is 2.15 bits per heavy atom. The quantitative estimate of drug-likeness (QED) is 0.652. The van der Waals surface area contributed by atoms with Crippen molar-refractivity contribution in [3.8, 4) is 0 Å². The summed E-state index contributed by atoms with van der Waals surface area (Å²) in [6.07, 6.45) is 0. The molecule has 20 heavy (non-hydrogen) atoms. The summed E-state index contributed by atoms with van der Waals surface area (Å²) in [6, 6.07) is 2.21. The maximum absolute atomic E-state index is 11.8. The Kier molecular flexibility index (Phi) is 6.14. The molecule has 1 aromatic heterocycles. The number of sulfonamides is 1. The lowest BCUT2D eigenvalue weighted by Crippen LogP contribution is -2.34. The smallest absolute Gasteiger partial charge is 0.371 e. The minimum absolute atomic E-state index is 0.186.